The molecule has 3 nitrogen and oxygen atoms in total. The van der Waals surface area contributed by atoms with Gasteiger partial charge in [0.2, 0.25) is 0 Å². The lowest BCUT2D eigenvalue weighted by molar-refractivity contribution is 0.413. The van der Waals surface area contributed by atoms with Crippen molar-refractivity contribution in [1.82, 2.24) is 9.88 Å². The fourth-order valence-electron chi connectivity index (χ4n) is 1.72. The van der Waals surface area contributed by atoms with Gasteiger partial charge in [-0.15, -0.1) is 0 Å². The molecule has 0 fully saturated rings. The third kappa shape index (κ3) is 2.36. The van der Waals surface area contributed by atoms with E-state index in [9.17, 15) is 0 Å². The number of furan rings is 1. The molecule has 2 aromatic heterocycles. The van der Waals surface area contributed by atoms with Gasteiger partial charge < -0.3 is 14.3 Å². The third-order valence-electron chi connectivity index (χ3n) is 2.83. The first kappa shape index (κ1) is 11.0. The molecule has 2 rings (SSSR count). The van der Waals surface area contributed by atoms with Gasteiger partial charge in [0.1, 0.15) is 11.5 Å². The molecule has 16 heavy (non-hydrogen) atoms. The summed E-state index contributed by atoms with van der Waals surface area (Å²) in [6.45, 7) is 4.93. The van der Waals surface area contributed by atoms with Crippen molar-refractivity contribution in [3.63, 3.8) is 0 Å². The van der Waals surface area contributed by atoms with Crippen LogP contribution in [0.1, 0.15) is 30.2 Å². The maximum Gasteiger partial charge on any atom is 0.120 e. The molecule has 0 aliphatic carbocycles. The van der Waals surface area contributed by atoms with E-state index < -0.39 is 0 Å². The topological polar surface area (TPSA) is 30.1 Å². The standard InChI is InChI=1S/C13H18N2O/c1-10-6-7-13(16-10)11(2)14-9-12-5-4-8-15(12)3/h4-8,11,14H,9H2,1-3H3/t11-/m0/s1. The smallest absolute Gasteiger partial charge is 0.120 e. The minimum atomic E-state index is 0.239. The van der Waals surface area contributed by atoms with Crippen molar-refractivity contribution >= 4 is 0 Å². The highest BCUT2D eigenvalue weighted by Crippen LogP contribution is 2.16. The summed E-state index contributed by atoms with van der Waals surface area (Å²) in [5, 5.41) is 3.44. The molecule has 0 unspecified atom stereocenters. The predicted molar refractivity (Wildman–Crippen MR) is 64.1 cm³/mol. The van der Waals surface area contributed by atoms with Crippen LogP contribution in [-0.2, 0) is 13.6 Å². The van der Waals surface area contributed by atoms with E-state index in [1.807, 2.05) is 19.1 Å². The molecule has 0 radical (unpaired) electrons. The molecule has 86 valence electrons. The number of aromatic nitrogens is 1. The van der Waals surface area contributed by atoms with Gasteiger partial charge in [0.15, 0.2) is 0 Å². The molecule has 1 N–H and O–H groups in total. The monoisotopic (exact) mass is 218 g/mol. The summed E-state index contributed by atoms with van der Waals surface area (Å²) in [5.74, 6) is 1.95. The van der Waals surface area contributed by atoms with E-state index in [0.717, 1.165) is 18.1 Å². The van der Waals surface area contributed by atoms with Crippen molar-refractivity contribution in [1.29, 1.82) is 0 Å². The normalized spacial score (nSPS) is 12.9. The van der Waals surface area contributed by atoms with Crippen molar-refractivity contribution in [2.24, 2.45) is 7.05 Å². The fourth-order valence-corrected chi connectivity index (χ4v) is 1.72. The van der Waals surface area contributed by atoms with Crippen molar-refractivity contribution < 1.29 is 4.42 Å². The first-order chi connectivity index (χ1) is 7.66. The van der Waals surface area contributed by atoms with Crippen LogP contribution in [0, 0.1) is 6.92 Å². The Labute approximate surface area is 96.1 Å². The number of nitrogens with one attached hydrogen (secondary N) is 1. The molecule has 0 spiro atoms. The Morgan fingerprint density at radius 2 is 2.19 bits per heavy atom. The number of aryl methyl sites for hydroxylation is 2. The zero-order valence-corrected chi connectivity index (χ0v) is 10.0. The van der Waals surface area contributed by atoms with E-state index in [4.69, 9.17) is 4.42 Å². The fraction of sp³-hybridized carbons (Fsp3) is 0.385. The van der Waals surface area contributed by atoms with Crippen LogP contribution in [-0.4, -0.2) is 4.57 Å². The largest absolute Gasteiger partial charge is 0.465 e. The maximum atomic E-state index is 5.58. The molecule has 2 heterocycles. The molecule has 0 saturated carbocycles. The SMILES string of the molecule is Cc1ccc([C@H](C)NCc2cccn2C)o1. The first-order valence-electron chi connectivity index (χ1n) is 5.57. The van der Waals surface area contributed by atoms with Crippen LogP contribution >= 0.6 is 0 Å². The minimum absolute atomic E-state index is 0.239. The second kappa shape index (κ2) is 4.58. The Bertz CT molecular complexity index is 456. The lowest BCUT2D eigenvalue weighted by atomic mass is 10.2. The van der Waals surface area contributed by atoms with Crippen LogP contribution in [0.25, 0.3) is 0 Å². The zero-order valence-electron chi connectivity index (χ0n) is 10.0. The molecule has 3 heteroatoms. The molecule has 0 bridgehead atoms. The molecule has 0 aliphatic heterocycles. The average Bonchev–Trinajstić information content (AvgIpc) is 2.84. The minimum Gasteiger partial charge on any atom is -0.465 e. The average molecular weight is 218 g/mol. The van der Waals surface area contributed by atoms with Gasteiger partial charge >= 0.3 is 0 Å². The van der Waals surface area contributed by atoms with Crippen molar-refractivity contribution in [3.8, 4) is 0 Å². The van der Waals surface area contributed by atoms with Gasteiger partial charge in [-0.2, -0.15) is 0 Å². The lowest BCUT2D eigenvalue weighted by Gasteiger charge is -2.11. The second-order valence-corrected chi connectivity index (χ2v) is 4.16. The summed E-state index contributed by atoms with van der Waals surface area (Å²) in [4.78, 5) is 0. The molecule has 0 aliphatic rings. The number of nitrogens with zero attached hydrogens (tertiary/aromatic N) is 1. The molecular weight excluding hydrogens is 200 g/mol. The molecule has 0 saturated heterocycles. The highest BCUT2D eigenvalue weighted by atomic mass is 16.3. The van der Waals surface area contributed by atoms with Gasteiger partial charge in [0.25, 0.3) is 0 Å². The van der Waals surface area contributed by atoms with Crippen molar-refractivity contribution in [2.45, 2.75) is 26.4 Å². The third-order valence-corrected chi connectivity index (χ3v) is 2.83. The van der Waals surface area contributed by atoms with E-state index in [0.29, 0.717) is 0 Å². The Kier molecular flexibility index (Phi) is 3.15. The van der Waals surface area contributed by atoms with E-state index in [1.165, 1.54) is 5.69 Å². The Morgan fingerprint density at radius 3 is 2.75 bits per heavy atom. The van der Waals surface area contributed by atoms with Gasteiger partial charge in [0.05, 0.1) is 6.04 Å². The molecule has 0 amide bonds. The van der Waals surface area contributed by atoms with Crippen molar-refractivity contribution in [2.75, 3.05) is 0 Å². The van der Waals surface area contributed by atoms with E-state index in [1.54, 1.807) is 0 Å². The Balaban J connectivity index is 1.93. The van der Waals surface area contributed by atoms with Gasteiger partial charge in [0, 0.05) is 25.5 Å². The van der Waals surface area contributed by atoms with E-state index in [2.05, 4.69) is 42.2 Å². The summed E-state index contributed by atoms with van der Waals surface area (Å²) in [6.07, 6.45) is 2.05. The number of hydrogen-bond acceptors (Lipinski definition) is 2. The second-order valence-electron chi connectivity index (χ2n) is 4.16. The van der Waals surface area contributed by atoms with Crippen LogP contribution in [0.15, 0.2) is 34.9 Å². The number of hydrogen-bond donors (Lipinski definition) is 1. The van der Waals surface area contributed by atoms with Crippen molar-refractivity contribution in [3.05, 3.63) is 47.7 Å². The molecule has 0 aromatic carbocycles. The maximum absolute atomic E-state index is 5.58. The zero-order chi connectivity index (χ0) is 11.5. The summed E-state index contributed by atoms with van der Waals surface area (Å²) >= 11 is 0. The Hall–Kier alpha value is -1.48. The lowest BCUT2D eigenvalue weighted by Crippen LogP contribution is -2.19. The molecular formula is C13H18N2O. The van der Waals surface area contributed by atoms with E-state index in [-0.39, 0.29) is 6.04 Å². The Morgan fingerprint density at radius 1 is 1.38 bits per heavy atom. The highest BCUT2D eigenvalue weighted by molar-refractivity contribution is 5.10. The van der Waals surface area contributed by atoms with Crippen LogP contribution in [0.3, 0.4) is 0 Å². The summed E-state index contributed by atoms with van der Waals surface area (Å²) in [7, 11) is 2.05. The number of rotatable bonds is 4. The van der Waals surface area contributed by atoms with Crippen LogP contribution in [0.2, 0.25) is 0 Å². The van der Waals surface area contributed by atoms with Crippen LogP contribution in [0.4, 0.5) is 0 Å². The first-order valence-corrected chi connectivity index (χ1v) is 5.57. The predicted octanol–water partition coefficient (Wildman–Crippen LogP) is 2.78. The van der Waals surface area contributed by atoms with Crippen LogP contribution < -0.4 is 5.32 Å². The highest BCUT2D eigenvalue weighted by Gasteiger charge is 2.09. The summed E-state index contributed by atoms with van der Waals surface area (Å²) in [6, 6.07) is 8.43. The summed E-state index contributed by atoms with van der Waals surface area (Å²) in [5.41, 5.74) is 1.27. The quantitative estimate of drug-likeness (QED) is 0.855. The van der Waals surface area contributed by atoms with E-state index >= 15 is 0 Å². The molecule has 1 atom stereocenters. The van der Waals surface area contributed by atoms with Gasteiger partial charge in [-0.3, -0.25) is 0 Å². The van der Waals surface area contributed by atoms with Crippen LogP contribution in [0.5, 0.6) is 0 Å². The van der Waals surface area contributed by atoms with Gasteiger partial charge in [-0.25, -0.2) is 0 Å². The van der Waals surface area contributed by atoms with Gasteiger partial charge in [-0.1, -0.05) is 0 Å². The van der Waals surface area contributed by atoms with Gasteiger partial charge in [-0.05, 0) is 38.1 Å². The molecule has 2 aromatic rings. The summed E-state index contributed by atoms with van der Waals surface area (Å²) < 4.78 is 7.69.